The summed E-state index contributed by atoms with van der Waals surface area (Å²) in [5, 5.41) is 6.31. The Kier molecular flexibility index (Phi) is 5.90. The quantitative estimate of drug-likeness (QED) is 0.843. The molecular weight excluding hydrogens is 298 g/mol. The van der Waals surface area contributed by atoms with Crippen molar-refractivity contribution in [1.82, 2.24) is 15.5 Å². The molecule has 4 heteroatoms. The van der Waals surface area contributed by atoms with Gasteiger partial charge in [-0.05, 0) is 56.4 Å². The van der Waals surface area contributed by atoms with Crippen LogP contribution >= 0.6 is 0 Å². The van der Waals surface area contributed by atoms with Gasteiger partial charge in [0.25, 0.3) is 0 Å². The van der Waals surface area contributed by atoms with Crippen LogP contribution in [0, 0.1) is 11.8 Å². The van der Waals surface area contributed by atoms with E-state index in [2.05, 4.69) is 46.7 Å². The maximum Gasteiger partial charge on any atom is 0.223 e. The summed E-state index contributed by atoms with van der Waals surface area (Å²) in [6, 6.07) is 9.42. The van der Waals surface area contributed by atoms with Gasteiger partial charge in [-0.2, -0.15) is 0 Å². The molecule has 0 aliphatic carbocycles. The molecule has 4 nitrogen and oxygen atoms in total. The smallest absolute Gasteiger partial charge is 0.223 e. The van der Waals surface area contributed by atoms with E-state index in [1.54, 1.807) is 0 Å². The summed E-state index contributed by atoms with van der Waals surface area (Å²) in [7, 11) is 0. The second-order valence-electron chi connectivity index (χ2n) is 7.56. The number of benzene rings is 1. The van der Waals surface area contributed by atoms with Crippen molar-refractivity contribution in [1.29, 1.82) is 0 Å². The molecule has 2 saturated heterocycles. The number of likely N-dealkylation sites (tertiary alicyclic amines) is 1. The first-order valence-electron chi connectivity index (χ1n) is 9.44. The maximum absolute atomic E-state index is 12.2. The van der Waals surface area contributed by atoms with Gasteiger partial charge in [0.2, 0.25) is 5.91 Å². The molecule has 2 aliphatic heterocycles. The lowest BCUT2D eigenvalue weighted by Gasteiger charge is -2.33. The van der Waals surface area contributed by atoms with Crippen LogP contribution in [0.3, 0.4) is 0 Å². The molecule has 2 fully saturated rings. The Morgan fingerprint density at radius 1 is 1.25 bits per heavy atom. The van der Waals surface area contributed by atoms with E-state index in [0.717, 1.165) is 19.6 Å². The molecule has 2 unspecified atom stereocenters. The van der Waals surface area contributed by atoms with Crippen molar-refractivity contribution in [2.75, 3.05) is 19.6 Å². The Labute approximate surface area is 146 Å². The van der Waals surface area contributed by atoms with Gasteiger partial charge in [-0.25, -0.2) is 0 Å². The third-order valence-electron chi connectivity index (χ3n) is 5.75. The van der Waals surface area contributed by atoms with Crippen LogP contribution in [-0.4, -0.2) is 36.5 Å². The van der Waals surface area contributed by atoms with Crippen molar-refractivity contribution >= 4 is 5.91 Å². The molecule has 2 atom stereocenters. The molecule has 2 heterocycles. The summed E-state index contributed by atoms with van der Waals surface area (Å²) in [5.41, 5.74) is 2.55. The van der Waals surface area contributed by atoms with E-state index in [4.69, 9.17) is 0 Å². The van der Waals surface area contributed by atoms with Gasteiger partial charge in [0.15, 0.2) is 0 Å². The van der Waals surface area contributed by atoms with Crippen LogP contribution in [0.1, 0.15) is 44.2 Å². The Bertz CT molecular complexity index is 538. The van der Waals surface area contributed by atoms with Crippen molar-refractivity contribution < 1.29 is 4.79 Å². The van der Waals surface area contributed by atoms with E-state index in [1.807, 2.05) is 6.92 Å². The normalized spacial score (nSPS) is 23.5. The van der Waals surface area contributed by atoms with Crippen molar-refractivity contribution in [3.63, 3.8) is 0 Å². The molecule has 0 spiro atoms. The lowest BCUT2D eigenvalue weighted by Crippen LogP contribution is -2.49. The number of rotatable bonds is 6. The number of nitrogens with one attached hydrogen (secondary N) is 2. The Morgan fingerprint density at radius 3 is 2.58 bits per heavy atom. The molecule has 0 saturated carbocycles. The molecule has 1 aromatic carbocycles. The Hall–Kier alpha value is -1.39. The Balaban J connectivity index is 1.46. The van der Waals surface area contributed by atoms with E-state index in [0.29, 0.717) is 18.5 Å². The van der Waals surface area contributed by atoms with Crippen LogP contribution in [0.25, 0.3) is 0 Å². The van der Waals surface area contributed by atoms with Crippen molar-refractivity contribution in [3.05, 3.63) is 35.4 Å². The topological polar surface area (TPSA) is 44.4 Å². The van der Waals surface area contributed by atoms with Gasteiger partial charge in [-0.15, -0.1) is 0 Å². The first-order valence-corrected chi connectivity index (χ1v) is 9.44. The van der Waals surface area contributed by atoms with E-state index in [-0.39, 0.29) is 11.8 Å². The highest BCUT2D eigenvalue weighted by Crippen LogP contribution is 2.19. The number of hydrogen-bond donors (Lipinski definition) is 2. The van der Waals surface area contributed by atoms with E-state index in [1.165, 1.54) is 36.9 Å². The standard InChI is InChI=1S/C20H31N3O/c1-15-5-3-4-10-23(15)14-18-8-6-17(7-9-18)11-22-20(24)16(2)19-12-21-13-19/h6-9,15-16,19,21H,3-5,10-14H2,1-2H3,(H,22,24). The fourth-order valence-electron chi connectivity index (χ4n) is 3.62. The minimum atomic E-state index is 0.103. The minimum absolute atomic E-state index is 0.103. The number of carbonyl (C=O) groups excluding carboxylic acids is 1. The summed E-state index contributed by atoms with van der Waals surface area (Å²) < 4.78 is 0. The first-order chi connectivity index (χ1) is 11.6. The largest absolute Gasteiger partial charge is 0.352 e. The van der Waals surface area contributed by atoms with Gasteiger partial charge < -0.3 is 10.6 Å². The number of nitrogens with zero attached hydrogens (tertiary/aromatic N) is 1. The number of hydrogen-bond acceptors (Lipinski definition) is 3. The SMILES string of the molecule is CC(C(=O)NCc1ccc(CN2CCCCC2C)cc1)C1CNC1. The molecular formula is C20H31N3O. The van der Waals surface area contributed by atoms with E-state index < -0.39 is 0 Å². The van der Waals surface area contributed by atoms with Crippen molar-refractivity contribution in [3.8, 4) is 0 Å². The summed E-state index contributed by atoms with van der Waals surface area (Å²) in [5.74, 6) is 0.776. The second-order valence-corrected chi connectivity index (χ2v) is 7.56. The van der Waals surface area contributed by atoms with Crippen LogP contribution in [0.2, 0.25) is 0 Å². The van der Waals surface area contributed by atoms with Gasteiger partial charge in [-0.1, -0.05) is 37.6 Å². The molecule has 2 N–H and O–H groups in total. The van der Waals surface area contributed by atoms with Crippen LogP contribution in [-0.2, 0) is 17.9 Å². The van der Waals surface area contributed by atoms with Gasteiger partial charge in [0.1, 0.15) is 0 Å². The third kappa shape index (κ3) is 4.37. The molecule has 1 aromatic rings. The zero-order valence-corrected chi connectivity index (χ0v) is 15.1. The van der Waals surface area contributed by atoms with Gasteiger partial charge in [0.05, 0.1) is 0 Å². The average molecular weight is 329 g/mol. The van der Waals surface area contributed by atoms with Gasteiger partial charge in [-0.3, -0.25) is 9.69 Å². The van der Waals surface area contributed by atoms with Crippen molar-refractivity contribution in [2.24, 2.45) is 11.8 Å². The molecule has 2 aliphatic rings. The Morgan fingerprint density at radius 2 is 1.96 bits per heavy atom. The van der Waals surface area contributed by atoms with E-state index >= 15 is 0 Å². The summed E-state index contributed by atoms with van der Waals surface area (Å²) >= 11 is 0. The van der Waals surface area contributed by atoms with Crippen LogP contribution in [0.15, 0.2) is 24.3 Å². The summed E-state index contributed by atoms with van der Waals surface area (Å²) in [4.78, 5) is 14.7. The lowest BCUT2D eigenvalue weighted by molar-refractivity contribution is -0.126. The molecule has 3 rings (SSSR count). The fourth-order valence-corrected chi connectivity index (χ4v) is 3.62. The second kappa shape index (κ2) is 8.13. The highest BCUT2D eigenvalue weighted by Gasteiger charge is 2.28. The molecule has 0 radical (unpaired) electrons. The predicted molar refractivity (Wildman–Crippen MR) is 97.5 cm³/mol. The van der Waals surface area contributed by atoms with Crippen LogP contribution in [0.5, 0.6) is 0 Å². The lowest BCUT2D eigenvalue weighted by atomic mass is 9.88. The van der Waals surface area contributed by atoms with E-state index in [9.17, 15) is 4.79 Å². The molecule has 1 amide bonds. The highest BCUT2D eigenvalue weighted by molar-refractivity contribution is 5.78. The van der Waals surface area contributed by atoms with Gasteiger partial charge >= 0.3 is 0 Å². The molecule has 132 valence electrons. The van der Waals surface area contributed by atoms with Crippen LogP contribution in [0.4, 0.5) is 0 Å². The first kappa shape index (κ1) is 17.4. The molecule has 0 aromatic heterocycles. The number of amides is 1. The average Bonchev–Trinajstić information content (AvgIpc) is 2.54. The summed E-state index contributed by atoms with van der Waals surface area (Å²) in [6.45, 7) is 9.19. The maximum atomic E-state index is 12.2. The zero-order valence-electron chi connectivity index (χ0n) is 15.1. The minimum Gasteiger partial charge on any atom is -0.352 e. The summed E-state index contributed by atoms with van der Waals surface area (Å²) in [6.07, 6.45) is 4.01. The zero-order chi connectivity index (χ0) is 16.9. The fraction of sp³-hybridized carbons (Fsp3) is 0.650. The van der Waals surface area contributed by atoms with Crippen molar-refractivity contribution in [2.45, 2.75) is 52.2 Å². The molecule has 0 bridgehead atoms. The predicted octanol–water partition coefficient (Wildman–Crippen LogP) is 2.53. The molecule has 24 heavy (non-hydrogen) atoms. The highest BCUT2D eigenvalue weighted by atomic mass is 16.1. The number of carbonyl (C=O) groups is 1. The number of piperidine rings is 1. The van der Waals surface area contributed by atoms with Crippen LogP contribution < -0.4 is 10.6 Å². The third-order valence-corrected chi connectivity index (χ3v) is 5.75. The monoisotopic (exact) mass is 329 g/mol. The van der Waals surface area contributed by atoms with Gasteiger partial charge in [0, 0.05) is 25.0 Å².